The lowest BCUT2D eigenvalue weighted by molar-refractivity contribution is 0.179. The molecule has 1 aliphatic rings. The molecular weight excluding hydrogens is 206 g/mol. The van der Waals surface area contributed by atoms with E-state index in [0.717, 1.165) is 17.7 Å². The van der Waals surface area contributed by atoms with Crippen LogP contribution in [0.3, 0.4) is 0 Å². The number of nitrogens with zero attached hydrogens (tertiary/aromatic N) is 2. The fourth-order valence-electron chi connectivity index (χ4n) is 1.83. The Hall–Kier alpha value is -2.06. The van der Waals surface area contributed by atoms with Gasteiger partial charge >= 0.3 is 6.09 Å². The van der Waals surface area contributed by atoms with Crippen molar-refractivity contribution in [3.8, 4) is 6.07 Å². The summed E-state index contributed by atoms with van der Waals surface area (Å²) >= 11 is 0. The van der Waals surface area contributed by atoms with Crippen molar-refractivity contribution >= 4 is 6.09 Å². The van der Waals surface area contributed by atoms with E-state index in [-0.39, 0.29) is 0 Å². The van der Waals surface area contributed by atoms with E-state index in [4.69, 9.17) is 10.4 Å². The van der Waals surface area contributed by atoms with Crippen LogP contribution in [0.1, 0.15) is 16.7 Å². The zero-order valence-electron chi connectivity index (χ0n) is 8.60. The Kier molecular flexibility index (Phi) is 2.75. The van der Waals surface area contributed by atoms with E-state index in [9.17, 15) is 4.79 Å². The van der Waals surface area contributed by atoms with Gasteiger partial charge in [-0.1, -0.05) is 6.07 Å². The number of fused-ring (bicyclic) bond motifs is 1. The molecule has 0 aromatic heterocycles. The molecule has 5 nitrogen and oxygen atoms in total. The maximum absolute atomic E-state index is 10.3. The van der Waals surface area contributed by atoms with E-state index >= 15 is 0 Å². The van der Waals surface area contributed by atoms with Crippen LogP contribution >= 0.6 is 0 Å². The molecule has 82 valence electrons. The molecule has 0 unspecified atom stereocenters. The summed E-state index contributed by atoms with van der Waals surface area (Å²) in [7, 11) is 0. The lowest BCUT2D eigenvalue weighted by Gasteiger charge is -2.13. The fourth-order valence-corrected chi connectivity index (χ4v) is 1.83. The number of carbonyl (C=O) groups is 1. The molecule has 1 amide bonds. The topological polar surface area (TPSA) is 76.4 Å². The highest BCUT2D eigenvalue weighted by Gasteiger charge is 2.19. The van der Waals surface area contributed by atoms with Crippen LogP contribution in [0, 0.1) is 11.3 Å². The average Bonchev–Trinajstić information content (AvgIpc) is 2.67. The molecule has 0 saturated carbocycles. The summed E-state index contributed by atoms with van der Waals surface area (Å²) in [5.41, 5.74) is 2.91. The number of hydrogen-bond acceptors (Lipinski definition) is 3. The van der Waals surface area contributed by atoms with E-state index in [1.54, 1.807) is 6.07 Å². The summed E-state index contributed by atoms with van der Waals surface area (Å²) in [6.07, 6.45) is -1.02. The molecular formula is C11H11N3O2. The van der Waals surface area contributed by atoms with Crippen LogP contribution in [0.25, 0.3) is 0 Å². The number of benzene rings is 1. The van der Waals surface area contributed by atoms with Crippen molar-refractivity contribution < 1.29 is 9.90 Å². The van der Waals surface area contributed by atoms with Gasteiger partial charge in [-0.25, -0.2) is 4.79 Å². The fraction of sp³-hybridized carbons (Fsp3) is 0.273. The summed E-state index contributed by atoms with van der Waals surface area (Å²) in [4.78, 5) is 12.3. The first-order valence-corrected chi connectivity index (χ1v) is 4.90. The third-order valence-corrected chi connectivity index (χ3v) is 2.58. The number of carboxylic acid groups (broad SMARTS) is 1. The second kappa shape index (κ2) is 4.21. The number of amides is 1. The first-order chi connectivity index (χ1) is 7.69. The minimum atomic E-state index is -1.02. The van der Waals surface area contributed by atoms with Crippen LogP contribution in [-0.4, -0.2) is 22.8 Å². The summed E-state index contributed by atoms with van der Waals surface area (Å²) in [6.45, 7) is 1.72. The van der Waals surface area contributed by atoms with E-state index in [0.29, 0.717) is 18.8 Å². The standard InChI is InChI=1S/C11H11N3O2/c12-4-8-1-2-9-5-14(6-10(9)3-8)7-13-11(15)16/h1-3,13H,5-7H2,(H,15,16). The SMILES string of the molecule is N#Cc1ccc2c(c1)CN(CNC(=O)O)C2. The van der Waals surface area contributed by atoms with Crippen LogP contribution in [0.4, 0.5) is 4.79 Å². The van der Waals surface area contributed by atoms with Gasteiger partial charge in [0.15, 0.2) is 0 Å². The molecule has 1 aromatic rings. The minimum absolute atomic E-state index is 0.311. The monoisotopic (exact) mass is 217 g/mol. The Bertz CT molecular complexity index is 465. The van der Waals surface area contributed by atoms with E-state index in [1.165, 1.54) is 0 Å². The third-order valence-electron chi connectivity index (χ3n) is 2.58. The van der Waals surface area contributed by atoms with Gasteiger partial charge in [0, 0.05) is 13.1 Å². The smallest absolute Gasteiger partial charge is 0.405 e. The highest BCUT2D eigenvalue weighted by atomic mass is 16.4. The second-order valence-corrected chi connectivity index (χ2v) is 3.72. The van der Waals surface area contributed by atoms with Gasteiger partial charge in [-0.15, -0.1) is 0 Å². The Morgan fingerprint density at radius 1 is 1.50 bits per heavy atom. The van der Waals surface area contributed by atoms with Gasteiger partial charge in [0.1, 0.15) is 0 Å². The summed E-state index contributed by atoms with van der Waals surface area (Å²) in [6, 6.07) is 7.66. The Balaban J connectivity index is 2.04. The normalized spacial score (nSPS) is 14.2. The van der Waals surface area contributed by atoms with Crippen molar-refractivity contribution in [3.05, 3.63) is 34.9 Å². The first-order valence-electron chi connectivity index (χ1n) is 4.90. The molecule has 0 saturated heterocycles. The molecule has 1 aromatic carbocycles. The molecule has 2 N–H and O–H groups in total. The molecule has 16 heavy (non-hydrogen) atoms. The van der Waals surface area contributed by atoms with Crippen LogP contribution in [0.15, 0.2) is 18.2 Å². The Labute approximate surface area is 92.9 Å². The number of nitriles is 1. The van der Waals surface area contributed by atoms with Gasteiger partial charge in [0.25, 0.3) is 0 Å². The highest BCUT2D eigenvalue weighted by molar-refractivity contribution is 5.64. The molecule has 5 heteroatoms. The van der Waals surface area contributed by atoms with Crippen molar-refractivity contribution in [1.82, 2.24) is 10.2 Å². The van der Waals surface area contributed by atoms with Gasteiger partial charge in [0.05, 0.1) is 18.3 Å². The van der Waals surface area contributed by atoms with E-state index < -0.39 is 6.09 Å². The summed E-state index contributed by atoms with van der Waals surface area (Å²) in [5, 5.41) is 19.6. The summed E-state index contributed by atoms with van der Waals surface area (Å²) in [5.74, 6) is 0. The van der Waals surface area contributed by atoms with Crippen LogP contribution in [0.5, 0.6) is 0 Å². The second-order valence-electron chi connectivity index (χ2n) is 3.72. The van der Waals surface area contributed by atoms with Crippen LogP contribution in [0.2, 0.25) is 0 Å². The predicted octanol–water partition coefficient (Wildman–Crippen LogP) is 1.10. The zero-order chi connectivity index (χ0) is 11.5. The predicted molar refractivity (Wildman–Crippen MR) is 56.4 cm³/mol. The van der Waals surface area contributed by atoms with Crippen molar-refractivity contribution in [2.75, 3.05) is 6.67 Å². The molecule has 0 radical (unpaired) electrons. The van der Waals surface area contributed by atoms with Crippen molar-refractivity contribution in [1.29, 1.82) is 5.26 Å². The third kappa shape index (κ3) is 2.12. The van der Waals surface area contributed by atoms with Crippen molar-refractivity contribution in [2.24, 2.45) is 0 Å². The quantitative estimate of drug-likeness (QED) is 0.777. The zero-order valence-corrected chi connectivity index (χ0v) is 8.60. The maximum atomic E-state index is 10.3. The Morgan fingerprint density at radius 3 is 2.94 bits per heavy atom. The molecule has 0 bridgehead atoms. The van der Waals surface area contributed by atoms with Crippen molar-refractivity contribution in [3.63, 3.8) is 0 Å². The largest absolute Gasteiger partial charge is 0.465 e. The molecule has 1 heterocycles. The Morgan fingerprint density at radius 2 is 2.25 bits per heavy atom. The molecule has 1 aliphatic heterocycles. The number of nitrogens with one attached hydrogen (secondary N) is 1. The molecule has 0 spiro atoms. The molecule has 0 atom stereocenters. The maximum Gasteiger partial charge on any atom is 0.405 e. The summed E-state index contributed by atoms with van der Waals surface area (Å²) < 4.78 is 0. The van der Waals surface area contributed by atoms with E-state index in [2.05, 4.69) is 11.4 Å². The molecule has 0 fully saturated rings. The lowest BCUT2D eigenvalue weighted by atomic mass is 10.1. The highest BCUT2D eigenvalue weighted by Crippen LogP contribution is 2.22. The van der Waals surface area contributed by atoms with E-state index in [1.807, 2.05) is 17.0 Å². The molecule has 0 aliphatic carbocycles. The first kappa shape index (κ1) is 10.5. The van der Waals surface area contributed by atoms with Crippen molar-refractivity contribution in [2.45, 2.75) is 13.1 Å². The van der Waals surface area contributed by atoms with Crippen LogP contribution < -0.4 is 5.32 Å². The average molecular weight is 217 g/mol. The lowest BCUT2D eigenvalue weighted by Crippen LogP contribution is -2.33. The van der Waals surface area contributed by atoms with Gasteiger partial charge in [-0.05, 0) is 23.3 Å². The van der Waals surface area contributed by atoms with Gasteiger partial charge in [-0.2, -0.15) is 5.26 Å². The van der Waals surface area contributed by atoms with Gasteiger partial charge in [-0.3, -0.25) is 4.90 Å². The van der Waals surface area contributed by atoms with Crippen LogP contribution in [-0.2, 0) is 13.1 Å². The van der Waals surface area contributed by atoms with Gasteiger partial charge < -0.3 is 10.4 Å². The number of rotatable bonds is 2. The van der Waals surface area contributed by atoms with Gasteiger partial charge in [0.2, 0.25) is 0 Å². The minimum Gasteiger partial charge on any atom is -0.465 e. The molecule has 2 rings (SSSR count). The number of hydrogen-bond donors (Lipinski definition) is 2.